The molecule has 1 N–H and O–H groups in total. The molecule has 0 aliphatic carbocycles. The maximum absolute atomic E-state index is 13.8. The molecule has 2 aromatic carbocycles. The number of alkyl halides is 3. The van der Waals surface area contributed by atoms with E-state index in [1.165, 1.54) is 17.0 Å². The van der Waals surface area contributed by atoms with Crippen molar-refractivity contribution in [2.75, 3.05) is 18.0 Å². The van der Waals surface area contributed by atoms with Crippen molar-refractivity contribution in [2.45, 2.75) is 32.1 Å². The van der Waals surface area contributed by atoms with Gasteiger partial charge in [-0.25, -0.2) is 8.42 Å². The molecule has 0 spiro atoms. The number of anilines is 1. The number of hydrogen-bond donors (Lipinski definition) is 1. The smallest absolute Gasteiger partial charge is 0.355 e. The second-order valence-corrected chi connectivity index (χ2v) is 11.6. The molecule has 9 nitrogen and oxygen atoms in total. The first-order valence-corrected chi connectivity index (χ1v) is 14.3. The van der Waals surface area contributed by atoms with Crippen LogP contribution in [0.4, 0.5) is 18.9 Å². The van der Waals surface area contributed by atoms with E-state index in [0.29, 0.717) is 40.5 Å². The number of sulfonamides is 1. The monoisotopic (exact) mass is 572 g/mol. The summed E-state index contributed by atoms with van der Waals surface area (Å²) in [6.07, 6.45) is 2.36. The minimum Gasteiger partial charge on any atom is -0.355 e. The highest BCUT2D eigenvalue weighted by Crippen LogP contribution is 2.41. The van der Waals surface area contributed by atoms with Crippen LogP contribution >= 0.6 is 0 Å². The first-order valence-electron chi connectivity index (χ1n) is 12.4. The third-order valence-electron chi connectivity index (χ3n) is 7.07. The van der Waals surface area contributed by atoms with Gasteiger partial charge in [0.2, 0.25) is 10.0 Å². The number of aryl methyl sites for hydroxylation is 1. The van der Waals surface area contributed by atoms with Gasteiger partial charge in [0.05, 0.1) is 18.4 Å². The van der Waals surface area contributed by atoms with E-state index >= 15 is 0 Å². The molecule has 0 radical (unpaired) electrons. The summed E-state index contributed by atoms with van der Waals surface area (Å²) in [5.74, 6) is 0.448. The van der Waals surface area contributed by atoms with Gasteiger partial charge in [-0.2, -0.15) is 13.2 Å². The molecule has 0 saturated heterocycles. The standard InChI is InChI=1S/C27H27F3N6O3S/c1-5-18-11-16(21-13-17(33-40(4,38)39)9-10-19(21)25-32-31-15-34(25)2)12-24(35(18)3)36-14-22-20(26(36)37)7-6-8-23(22)27(28,29)30/h6-13,15,18,33H,5,14H2,1-4H3. The number of fused-ring (bicyclic) bond motifs is 1. The number of carbonyl (C=O) groups excluding carboxylic acids is 1. The fourth-order valence-corrected chi connectivity index (χ4v) is 5.73. The van der Waals surface area contributed by atoms with Crippen LogP contribution in [0.2, 0.25) is 0 Å². The number of nitrogens with one attached hydrogen (secondary N) is 1. The lowest BCUT2D eigenvalue weighted by Gasteiger charge is -2.37. The van der Waals surface area contributed by atoms with E-state index in [0.717, 1.165) is 12.3 Å². The zero-order valence-corrected chi connectivity index (χ0v) is 23.0. The predicted molar refractivity (Wildman–Crippen MR) is 144 cm³/mol. The number of aromatic nitrogens is 3. The van der Waals surface area contributed by atoms with Crippen LogP contribution in [0.5, 0.6) is 0 Å². The molecule has 40 heavy (non-hydrogen) atoms. The van der Waals surface area contributed by atoms with Gasteiger partial charge in [-0.05, 0) is 59.5 Å². The normalized spacial score (nSPS) is 17.6. The van der Waals surface area contributed by atoms with Crippen LogP contribution in [0.25, 0.3) is 17.0 Å². The van der Waals surface area contributed by atoms with Gasteiger partial charge in [0.25, 0.3) is 5.91 Å². The third kappa shape index (κ3) is 4.96. The summed E-state index contributed by atoms with van der Waals surface area (Å²) >= 11 is 0. The maximum atomic E-state index is 13.8. The van der Waals surface area contributed by atoms with Crippen molar-refractivity contribution in [1.29, 1.82) is 0 Å². The molecule has 3 aromatic rings. The van der Waals surface area contributed by atoms with Crippen LogP contribution in [-0.2, 0) is 29.8 Å². The molecule has 13 heteroatoms. The van der Waals surface area contributed by atoms with Crippen molar-refractivity contribution in [3.63, 3.8) is 0 Å². The summed E-state index contributed by atoms with van der Waals surface area (Å²) in [4.78, 5) is 16.7. The molecule has 2 aliphatic rings. The van der Waals surface area contributed by atoms with E-state index < -0.39 is 27.7 Å². The van der Waals surface area contributed by atoms with Gasteiger partial charge in [0, 0.05) is 37.0 Å². The topological polar surface area (TPSA) is 100 Å². The van der Waals surface area contributed by atoms with Crippen molar-refractivity contribution >= 4 is 27.2 Å². The fraction of sp³-hybridized carbons (Fsp3) is 0.296. The number of allylic oxidation sites excluding steroid dienone is 2. The zero-order valence-electron chi connectivity index (χ0n) is 22.2. The van der Waals surface area contributed by atoms with Gasteiger partial charge in [-0.3, -0.25) is 14.4 Å². The van der Waals surface area contributed by atoms with Crippen LogP contribution in [0.15, 0.2) is 60.7 Å². The van der Waals surface area contributed by atoms with Gasteiger partial charge in [-0.1, -0.05) is 19.1 Å². The highest BCUT2D eigenvalue weighted by Gasteiger charge is 2.41. The summed E-state index contributed by atoms with van der Waals surface area (Å²) in [5.41, 5.74) is 1.40. The number of carbonyl (C=O) groups is 1. The van der Waals surface area contributed by atoms with Gasteiger partial charge in [-0.15, -0.1) is 10.2 Å². The Balaban J connectivity index is 1.65. The molecular formula is C27H27F3N6O3S. The summed E-state index contributed by atoms with van der Waals surface area (Å²) < 4.78 is 69.4. The Labute approximate surface area is 229 Å². The Bertz CT molecular complexity index is 1680. The lowest BCUT2D eigenvalue weighted by molar-refractivity contribution is -0.138. The van der Waals surface area contributed by atoms with Crippen LogP contribution in [0.1, 0.15) is 40.4 Å². The largest absolute Gasteiger partial charge is 0.416 e. The lowest BCUT2D eigenvalue weighted by Crippen LogP contribution is -2.40. The maximum Gasteiger partial charge on any atom is 0.416 e. The molecule has 1 aromatic heterocycles. The SMILES string of the molecule is CCC1C=C(c2cc(NS(C)(=O)=O)ccc2-c2nncn2C)C=C(N2Cc3c(cccc3C(F)(F)F)C2=O)N1C. The van der Waals surface area contributed by atoms with Gasteiger partial charge >= 0.3 is 6.18 Å². The molecule has 0 bridgehead atoms. The van der Waals surface area contributed by atoms with E-state index in [2.05, 4.69) is 14.9 Å². The van der Waals surface area contributed by atoms with Crippen LogP contribution in [-0.4, -0.2) is 58.2 Å². The summed E-state index contributed by atoms with van der Waals surface area (Å²) in [6.45, 7) is 1.74. The summed E-state index contributed by atoms with van der Waals surface area (Å²) in [5, 5.41) is 8.17. The average Bonchev–Trinajstić information content (AvgIpc) is 3.45. The van der Waals surface area contributed by atoms with Gasteiger partial charge in [0.15, 0.2) is 5.82 Å². The summed E-state index contributed by atoms with van der Waals surface area (Å²) in [6, 6.07) is 8.46. The molecule has 210 valence electrons. The minimum absolute atomic E-state index is 0.0207. The molecule has 2 aliphatic heterocycles. The van der Waals surface area contributed by atoms with Gasteiger partial charge < -0.3 is 9.47 Å². The van der Waals surface area contributed by atoms with E-state index in [9.17, 15) is 26.4 Å². The fourth-order valence-electron chi connectivity index (χ4n) is 5.17. The van der Waals surface area contributed by atoms with Crippen molar-refractivity contribution in [3.05, 3.63) is 83.0 Å². The predicted octanol–water partition coefficient (Wildman–Crippen LogP) is 4.48. The Hall–Kier alpha value is -4.13. The van der Waals surface area contributed by atoms with E-state index in [1.807, 2.05) is 17.9 Å². The van der Waals surface area contributed by atoms with Crippen LogP contribution in [0.3, 0.4) is 0 Å². The molecule has 5 rings (SSSR count). The molecule has 0 saturated carbocycles. The lowest BCUT2D eigenvalue weighted by atomic mass is 9.93. The molecular weight excluding hydrogens is 545 g/mol. The first kappa shape index (κ1) is 27.4. The van der Waals surface area contributed by atoms with E-state index in [4.69, 9.17) is 0 Å². The van der Waals surface area contributed by atoms with Crippen molar-refractivity contribution in [1.82, 2.24) is 24.6 Å². The molecule has 1 atom stereocenters. The van der Waals surface area contributed by atoms with Gasteiger partial charge in [0.1, 0.15) is 12.1 Å². The second-order valence-electron chi connectivity index (χ2n) is 9.83. The number of benzene rings is 2. The molecule has 1 unspecified atom stereocenters. The third-order valence-corrected chi connectivity index (χ3v) is 7.68. The Morgan fingerprint density at radius 1 is 1.10 bits per heavy atom. The quantitative estimate of drug-likeness (QED) is 0.468. The Morgan fingerprint density at radius 3 is 2.48 bits per heavy atom. The van der Waals surface area contributed by atoms with Crippen LogP contribution in [0, 0.1) is 0 Å². The number of rotatable bonds is 6. The number of nitrogens with zero attached hydrogens (tertiary/aromatic N) is 5. The van der Waals surface area contributed by atoms with E-state index in [1.54, 1.807) is 49.3 Å². The number of hydrogen-bond acceptors (Lipinski definition) is 6. The Morgan fingerprint density at radius 2 is 1.85 bits per heavy atom. The molecule has 3 heterocycles. The van der Waals surface area contributed by atoms with Crippen molar-refractivity contribution in [3.8, 4) is 11.4 Å². The molecule has 1 amide bonds. The minimum atomic E-state index is -4.59. The zero-order chi connectivity index (χ0) is 29.0. The van der Waals surface area contributed by atoms with E-state index in [-0.39, 0.29) is 23.7 Å². The number of likely N-dealkylation sites (N-methyl/N-ethyl adjacent to an activating group) is 1. The van der Waals surface area contributed by atoms with Crippen LogP contribution < -0.4 is 4.72 Å². The number of halogens is 3. The van der Waals surface area contributed by atoms with Crippen molar-refractivity contribution < 1.29 is 26.4 Å². The highest BCUT2D eigenvalue weighted by molar-refractivity contribution is 7.92. The van der Waals surface area contributed by atoms with Crippen molar-refractivity contribution in [2.24, 2.45) is 7.05 Å². The highest BCUT2D eigenvalue weighted by atomic mass is 32.2. The molecule has 0 fully saturated rings. The Kier molecular flexibility index (Phi) is 6.73. The number of amides is 1. The summed E-state index contributed by atoms with van der Waals surface area (Å²) in [7, 11) is -0.00452. The first-order chi connectivity index (χ1) is 18.8. The average molecular weight is 573 g/mol. The second kappa shape index (κ2) is 9.81.